The molecule has 1 heterocycles. The van der Waals surface area contributed by atoms with Crippen molar-refractivity contribution in [3.63, 3.8) is 0 Å². The summed E-state index contributed by atoms with van der Waals surface area (Å²) in [5.41, 5.74) is 1.12. The van der Waals surface area contributed by atoms with Crippen molar-refractivity contribution in [2.24, 2.45) is 5.41 Å². The molecule has 1 aromatic carbocycles. The maximum Gasteiger partial charge on any atom is 0.330 e. The Labute approximate surface area is 242 Å². The number of nitrogens with zero attached hydrogens (tertiary/aromatic N) is 1. The summed E-state index contributed by atoms with van der Waals surface area (Å²) in [5, 5.41) is 7.49. The Balaban J connectivity index is 1.60. The van der Waals surface area contributed by atoms with Gasteiger partial charge in [0.15, 0.2) is 0 Å². The first-order valence-corrected chi connectivity index (χ1v) is 15.2. The van der Waals surface area contributed by atoms with E-state index in [1.54, 1.807) is 27.7 Å². The molecular formula is C30H43N3O4S2. The molecule has 2 amide bonds. The topological polar surface area (TPSA) is 87.7 Å². The number of thiol groups is 1. The van der Waals surface area contributed by atoms with E-state index in [2.05, 4.69) is 58.7 Å². The molecular weight excluding hydrogens is 530 g/mol. The molecule has 0 fully saturated rings. The molecule has 0 saturated heterocycles. The molecule has 2 N–H and O–H groups in total. The number of fused-ring (bicyclic) bond motifs is 1. The minimum Gasteiger partial charge on any atom is -0.425 e. The standard InChI is InChI=1S/C30H43N3O4S2/c1-6-16-33(17-15-23-11-9-18-39-23)22-13-14-24-21(19-22)10-8-12-25(24)37-26(34)20-32-27(35)29(3,4)30(5,38)28(36)31-7-2/h8-12,18,22,38H,6-7,13-17,19-20H2,1-5H3,(H,31,36)(H,32,35). The number of amides is 2. The van der Waals surface area contributed by atoms with Crippen LogP contribution in [0.25, 0.3) is 0 Å². The molecule has 3 rings (SSSR count). The first-order chi connectivity index (χ1) is 18.5. The van der Waals surface area contributed by atoms with Crippen LogP contribution in [-0.4, -0.2) is 59.7 Å². The summed E-state index contributed by atoms with van der Waals surface area (Å²) in [5.74, 6) is -0.766. The lowest BCUT2D eigenvalue weighted by Crippen LogP contribution is -2.57. The molecule has 2 unspecified atom stereocenters. The molecule has 2 atom stereocenters. The number of rotatable bonds is 13. The van der Waals surface area contributed by atoms with Crippen molar-refractivity contribution < 1.29 is 19.1 Å². The zero-order chi connectivity index (χ0) is 28.6. The summed E-state index contributed by atoms with van der Waals surface area (Å²) in [7, 11) is 0. The normalized spacial score (nSPS) is 16.7. The third kappa shape index (κ3) is 7.64. The van der Waals surface area contributed by atoms with E-state index in [0.717, 1.165) is 50.8 Å². The molecule has 9 heteroatoms. The summed E-state index contributed by atoms with van der Waals surface area (Å²) in [6, 6.07) is 10.7. The molecule has 0 saturated carbocycles. The highest BCUT2D eigenvalue weighted by molar-refractivity contribution is 7.82. The van der Waals surface area contributed by atoms with E-state index < -0.39 is 22.0 Å². The van der Waals surface area contributed by atoms with Gasteiger partial charge in [-0.05, 0) is 95.0 Å². The van der Waals surface area contributed by atoms with Crippen LogP contribution in [0.1, 0.15) is 63.5 Å². The molecule has 1 aliphatic carbocycles. The third-order valence-corrected chi connectivity index (χ3v) is 9.55. The number of hydrogen-bond acceptors (Lipinski definition) is 7. The number of carbonyl (C=O) groups excluding carboxylic acids is 3. The van der Waals surface area contributed by atoms with Crippen LogP contribution in [0.2, 0.25) is 0 Å². The second-order valence-electron chi connectivity index (χ2n) is 10.9. The van der Waals surface area contributed by atoms with E-state index in [-0.39, 0.29) is 12.5 Å². The number of esters is 1. The zero-order valence-corrected chi connectivity index (χ0v) is 25.6. The molecule has 0 spiro atoms. The Morgan fingerprint density at radius 3 is 2.51 bits per heavy atom. The van der Waals surface area contributed by atoms with Gasteiger partial charge in [-0.15, -0.1) is 11.3 Å². The van der Waals surface area contributed by atoms with Crippen molar-refractivity contribution in [3.05, 3.63) is 51.7 Å². The molecule has 0 aliphatic heterocycles. The largest absolute Gasteiger partial charge is 0.425 e. The van der Waals surface area contributed by atoms with Crippen molar-refractivity contribution in [1.82, 2.24) is 15.5 Å². The molecule has 1 aromatic heterocycles. The lowest BCUT2D eigenvalue weighted by atomic mass is 9.77. The Morgan fingerprint density at radius 1 is 1.08 bits per heavy atom. The summed E-state index contributed by atoms with van der Waals surface area (Å²) in [4.78, 5) is 42.2. The van der Waals surface area contributed by atoms with E-state index in [4.69, 9.17) is 4.74 Å². The van der Waals surface area contributed by atoms with Crippen LogP contribution in [0.5, 0.6) is 5.75 Å². The summed E-state index contributed by atoms with van der Waals surface area (Å²) >= 11 is 6.30. The highest BCUT2D eigenvalue weighted by Gasteiger charge is 2.49. The van der Waals surface area contributed by atoms with Crippen molar-refractivity contribution >= 4 is 41.7 Å². The molecule has 214 valence electrons. The number of ether oxygens (including phenoxy) is 1. The van der Waals surface area contributed by atoms with Gasteiger partial charge in [-0.25, -0.2) is 4.79 Å². The molecule has 7 nitrogen and oxygen atoms in total. The van der Waals surface area contributed by atoms with Gasteiger partial charge in [0.05, 0.1) is 5.41 Å². The van der Waals surface area contributed by atoms with Gasteiger partial charge in [0, 0.05) is 24.0 Å². The highest BCUT2D eigenvalue weighted by atomic mass is 32.1. The Kier molecular flexibility index (Phi) is 11.0. The number of benzene rings is 1. The van der Waals surface area contributed by atoms with Crippen LogP contribution >= 0.6 is 24.0 Å². The minimum atomic E-state index is -1.26. The Morgan fingerprint density at radius 2 is 1.85 bits per heavy atom. The fourth-order valence-corrected chi connectivity index (χ4v) is 5.88. The maximum atomic E-state index is 12.9. The predicted octanol–water partition coefficient (Wildman–Crippen LogP) is 4.43. The molecule has 0 radical (unpaired) electrons. The highest BCUT2D eigenvalue weighted by Crippen LogP contribution is 2.37. The van der Waals surface area contributed by atoms with E-state index in [0.29, 0.717) is 18.3 Å². The fourth-order valence-electron chi connectivity index (χ4n) is 5.00. The summed E-state index contributed by atoms with van der Waals surface area (Å²) in [6.45, 7) is 11.2. The van der Waals surface area contributed by atoms with Crippen LogP contribution in [0.3, 0.4) is 0 Å². The lowest BCUT2D eigenvalue weighted by molar-refractivity contribution is -0.140. The minimum absolute atomic E-state index is 0.291. The monoisotopic (exact) mass is 573 g/mol. The van der Waals surface area contributed by atoms with E-state index in [1.165, 1.54) is 10.4 Å². The van der Waals surface area contributed by atoms with Gasteiger partial charge in [-0.1, -0.05) is 25.1 Å². The van der Waals surface area contributed by atoms with Gasteiger partial charge in [0.25, 0.3) is 0 Å². The number of nitrogens with one attached hydrogen (secondary N) is 2. The quantitative estimate of drug-likeness (QED) is 0.188. The van der Waals surface area contributed by atoms with Crippen LogP contribution in [0.15, 0.2) is 35.7 Å². The first kappa shape index (κ1) is 31.2. The maximum absolute atomic E-state index is 12.9. The molecule has 1 aliphatic rings. The van der Waals surface area contributed by atoms with E-state index >= 15 is 0 Å². The van der Waals surface area contributed by atoms with Crippen molar-refractivity contribution in [2.45, 2.75) is 77.5 Å². The van der Waals surface area contributed by atoms with Crippen LogP contribution in [-0.2, 0) is 33.6 Å². The second kappa shape index (κ2) is 13.8. The van der Waals surface area contributed by atoms with Gasteiger partial charge in [-0.3, -0.25) is 14.5 Å². The van der Waals surface area contributed by atoms with E-state index in [1.807, 2.05) is 23.5 Å². The average Bonchev–Trinajstić information content (AvgIpc) is 3.43. The van der Waals surface area contributed by atoms with Crippen LogP contribution in [0, 0.1) is 5.41 Å². The second-order valence-corrected chi connectivity index (χ2v) is 12.8. The lowest BCUT2D eigenvalue weighted by Gasteiger charge is -2.37. The Bertz CT molecular complexity index is 1130. The number of hydrogen-bond donors (Lipinski definition) is 3. The average molecular weight is 574 g/mol. The first-order valence-electron chi connectivity index (χ1n) is 13.9. The number of carbonyl (C=O) groups is 3. The summed E-state index contributed by atoms with van der Waals surface area (Å²) < 4.78 is 4.46. The van der Waals surface area contributed by atoms with Crippen molar-refractivity contribution in [1.29, 1.82) is 0 Å². The molecule has 39 heavy (non-hydrogen) atoms. The van der Waals surface area contributed by atoms with Crippen LogP contribution in [0.4, 0.5) is 0 Å². The molecule has 2 aromatic rings. The van der Waals surface area contributed by atoms with Gasteiger partial charge < -0.3 is 15.4 Å². The van der Waals surface area contributed by atoms with E-state index in [9.17, 15) is 14.4 Å². The van der Waals surface area contributed by atoms with Crippen LogP contribution < -0.4 is 15.4 Å². The van der Waals surface area contributed by atoms with Crippen molar-refractivity contribution in [2.75, 3.05) is 26.2 Å². The van der Waals surface area contributed by atoms with Gasteiger partial charge >= 0.3 is 5.97 Å². The van der Waals surface area contributed by atoms with Crippen molar-refractivity contribution in [3.8, 4) is 5.75 Å². The number of thiophene rings is 1. The summed E-state index contributed by atoms with van der Waals surface area (Å²) in [6.07, 6.45) is 4.96. The fraction of sp³-hybridized carbons (Fsp3) is 0.567. The van der Waals surface area contributed by atoms with Gasteiger partial charge in [0.2, 0.25) is 11.8 Å². The Hall–Kier alpha value is -2.36. The predicted molar refractivity (Wildman–Crippen MR) is 161 cm³/mol. The molecule has 0 bridgehead atoms. The van der Waals surface area contributed by atoms with Gasteiger partial charge in [-0.2, -0.15) is 12.6 Å². The SMILES string of the molecule is CCCN(CCc1cccs1)C1CCc2c(cccc2OC(=O)CNC(=O)C(C)(C)C(C)(S)C(=O)NCC)C1. The zero-order valence-electron chi connectivity index (χ0n) is 23.8. The smallest absolute Gasteiger partial charge is 0.330 e. The third-order valence-electron chi connectivity index (χ3n) is 7.85. The van der Waals surface area contributed by atoms with Gasteiger partial charge in [0.1, 0.15) is 17.0 Å².